The molecule has 2 heterocycles. The third-order valence-electron chi connectivity index (χ3n) is 5.23. The van der Waals surface area contributed by atoms with Crippen molar-refractivity contribution in [3.63, 3.8) is 0 Å². The Labute approximate surface area is 224 Å². The van der Waals surface area contributed by atoms with Crippen LogP contribution in [0.5, 0.6) is 11.5 Å². The van der Waals surface area contributed by atoms with Gasteiger partial charge in [-0.3, -0.25) is 0 Å². The number of nitrogens with two attached hydrogens (primary N) is 1. The lowest BCUT2D eigenvalue weighted by Crippen LogP contribution is -1.98. The van der Waals surface area contributed by atoms with Crippen molar-refractivity contribution < 1.29 is 13.5 Å². The molecule has 0 aliphatic rings. The zero-order chi connectivity index (χ0) is 26.1. The van der Waals surface area contributed by atoms with Gasteiger partial charge in [0.25, 0.3) is 5.89 Å². The molecule has 0 amide bonds. The van der Waals surface area contributed by atoms with Gasteiger partial charge in [-0.25, -0.2) is 9.07 Å². The second-order valence-electron chi connectivity index (χ2n) is 7.74. The Balaban J connectivity index is 1.41. The van der Waals surface area contributed by atoms with Gasteiger partial charge in [-0.2, -0.15) is 5.26 Å². The molecule has 0 radical (unpaired) electrons. The summed E-state index contributed by atoms with van der Waals surface area (Å²) in [6, 6.07) is 16.4. The van der Waals surface area contributed by atoms with Crippen molar-refractivity contribution in [1.29, 1.82) is 5.26 Å². The molecule has 37 heavy (non-hydrogen) atoms. The van der Waals surface area contributed by atoms with Crippen molar-refractivity contribution in [1.82, 2.24) is 20.0 Å². The Bertz CT molecular complexity index is 1680. The fourth-order valence-electron chi connectivity index (χ4n) is 3.52. The highest BCUT2D eigenvalue weighted by molar-refractivity contribution is 6.32. The van der Waals surface area contributed by atoms with Crippen molar-refractivity contribution in [2.24, 2.45) is 0 Å². The van der Waals surface area contributed by atoms with Crippen LogP contribution in [0.1, 0.15) is 17.0 Å². The molecule has 0 spiro atoms. The average molecular weight is 556 g/mol. The van der Waals surface area contributed by atoms with E-state index in [9.17, 15) is 0 Å². The number of para-hydroxylation sites is 1. The highest BCUT2D eigenvalue weighted by atomic mass is 35.5. The smallest absolute Gasteiger partial charge is 0.253 e. The summed E-state index contributed by atoms with van der Waals surface area (Å²) in [6.45, 7) is 0. The maximum absolute atomic E-state index is 15.4. The number of rotatable bonds is 6. The van der Waals surface area contributed by atoms with Crippen LogP contribution in [0.4, 0.5) is 10.2 Å². The van der Waals surface area contributed by atoms with Crippen LogP contribution < -0.4 is 10.5 Å². The van der Waals surface area contributed by atoms with Crippen LogP contribution in [0, 0.1) is 17.1 Å². The van der Waals surface area contributed by atoms with Gasteiger partial charge in [-0.15, -0.1) is 15.3 Å². The number of ether oxygens (including phenoxy) is 1. The first kappa shape index (κ1) is 24.6. The first-order valence-corrected chi connectivity index (χ1v) is 11.7. The molecule has 0 aliphatic heterocycles. The highest BCUT2D eigenvalue weighted by Gasteiger charge is 2.20. The quantitative estimate of drug-likeness (QED) is 0.243. The summed E-state index contributed by atoms with van der Waals surface area (Å²) in [7, 11) is 0. The van der Waals surface area contributed by atoms with E-state index >= 15 is 4.39 Å². The molecule has 0 atom stereocenters. The molecule has 12 heteroatoms. The summed E-state index contributed by atoms with van der Waals surface area (Å²) in [5.41, 5.74) is 7.53. The minimum Gasteiger partial charge on any atom is -0.453 e. The third-order valence-corrected chi connectivity index (χ3v) is 6.07. The van der Waals surface area contributed by atoms with Crippen LogP contribution in [0.3, 0.4) is 0 Å². The van der Waals surface area contributed by atoms with Crippen LogP contribution in [-0.4, -0.2) is 20.0 Å². The summed E-state index contributed by atoms with van der Waals surface area (Å²) in [6.07, 6.45) is 1.56. The fraction of sp³-hybridized carbons (Fsp3) is 0.0400. The minimum absolute atomic E-state index is 0.0331. The van der Waals surface area contributed by atoms with Crippen molar-refractivity contribution >= 4 is 40.6 Å². The lowest BCUT2D eigenvalue weighted by atomic mass is 10.1. The van der Waals surface area contributed by atoms with Gasteiger partial charge in [0.1, 0.15) is 11.3 Å². The van der Waals surface area contributed by atoms with Crippen LogP contribution in [0.2, 0.25) is 15.1 Å². The van der Waals surface area contributed by atoms with Crippen LogP contribution in [-0.2, 0) is 6.42 Å². The van der Waals surface area contributed by atoms with Crippen molar-refractivity contribution in [3.05, 3.63) is 98.7 Å². The number of halogens is 4. The number of nitrogens with zero attached hydrogens (tertiary/aromatic N) is 5. The number of anilines is 1. The normalized spacial score (nSPS) is 10.9. The standard InChI is InChI=1S/C25H14Cl3FN6O2/c26-15-7-13(11-30)8-16(10-15)36-23-19(28)6-5-14(22(23)29)9-21-32-33-25(37-21)17-12-35(34-24(17)31)20-4-2-1-3-18(20)27/h1-8,10,12H,9H2,(H2,31,34). The molecule has 2 aromatic heterocycles. The molecule has 184 valence electrons. The Morgan fingerprint density at radius 2 is 1.86 bits per heavy atom. The molecule has 5 rings (SSSR count). The van der Waals surface area contributed by atoms with Gasteiger partial charge in [-0.1, -0.05) is 53.0 Å². The Morgan fingerprint density at radius 1 is 1.05 bits per heavy atom. The second kappa shape index (κ2) is 10.1. The minimum atomic E-state index is -0.725. The lowest BCUT2D eigenvalue weighted by molar-refractivity contribution is 0.437. The summed E-state index contributed by atoms with van der Waals surface area (Å²) >= 11 is 18.4. The summed E-state index contributed by atoms with van der Waals surface area (Å²) in [5.74, 6) is -0.400. The van der Waals surface area contributed by atoms with Gasteiger partial charge in [0.05, 0.1) is 33.8 Å². The molecular formula is C25H14Cl3FN6O2. The molecule has 8 nitrogen and oxygen atoms in total. The maximum atomic E-state index is 15.4. The number of hydrogen-bond acceptors (Lipinski definition) is 7. The van der Waals surface area contributed by atoms with E-state index < -0.39 is 5.82 Å². The second-order valence-corrected chi connectivity index (χ2v) is 8.99. The average Bonchev–Trinajstić information content (AvgIpc) is 3.49. The third kappa shape index (κ3) is 5.08. The lowest BCUT2D eigenvalue weighted by Gasteiger charge is -2.11. The van der Waals surface area contributed by atoms with Gasteiger partial charge in [0.2, 0.25) is 5.89 Å². The van der Waals surface area contributed by atoms with Gasteiger partial charge < -0.3 is 14.9 Å². The van der Waals surface area contributed by atoms with Gasteiger partial charge >= 0.3 is 0 Å². The molecule has 0 saturated heterocycles. The molecule has 3 aromatic carbocycles. The molecule has 2 N–H and O–H groups in total. The molecule has 0 saturated carbocycles. The molecule has 0 unspecified atom stereocenters. The maximum Gasteiger partial charge on any atom is 0.253 e. The van der Waals surface area contributed by atoms with E-state index in [0.29, 0.717) is 16.3 Å². The summed E-state index contributed by atoms with van der Waals surface area (Å²) in [5, 5.41) is 22.2. The van der Waals surface area contributed by atoms with E-state index in [1.807, 2.05) is 12.1 Å². The topological polar surface area (TPSA) is 116 Å². The molecular weight excluding hydrogens is 542 g/mol. The summed E-state index contributed by atoms with van der Waals surface area (Å²) in [4.78, 5) is 0. The molecule has 0 fully saturated rings. The SMILES string of the molecule is N#Cc1cc(Cl)cc(Oc2c(Cl)ccc(Cc3nnc(-c4cn(-c5ccccc5Cl)nc4N)o3)c2F)c1. The van der Waals surface area contributed by atoms with Crippen molar-refractivity contribution in [3.8, 4) is 34.7 Å². The van der Waals surface area contributed by atoms with E-state index in [2.05, 4.69) is 15.3 Å². The first-order valence-electron chi connectivity index (χ1n) is 10.6. The Morgan fingerprint density at radius 3 is 2.65 bits per heavy atom. The first-order chi connectivity index (χ1) is 17.8. The van der Waals surface area contributed by atoms with E-state index in [0.717, 1.165) is 0 Å². The zero-order valence-corrected chi connectivity index (χ0v) is 20.9. The molecule has 0 bridgehead atoms. The van der Waals surface area contributed by atoms with E-state index in [4.69, 9.17) is 55.0 Å². The van der Waals surface area contributed by atoms with Crippen LogP contribution >= 0.6 is 34.8 Å². The number of nitriles is 1. The zero-order valence-electron chi connectivity index (χ0n) is 18.6. The van der Waals surface area contributed by atoms with Gasteiger partial charge in [0.15, 0.2) is 17.4 Å². The van der Waals surface area contributed by atoms with E-state index in [1.54, 1.807) is 24.4 Å². The van der Waals surface area contributed by atoms with Crippen LogP contribution in [0.15, 0.2) is 65.2 Å². The summed E-state index contributed by atoms with van der Waals surface area (Å²) < 4.78 is 28.3. The Hall–Kier alpha value is -4.10. The monoisotopic (exact) mass is 554 g/mol. The van der Waals surface area contributed by atoms with E-state index in [1.165, 1.54) is 35.0 Å². The number of aromatic nitrogens is 4. The number of benzene rings is 3. The van der Waals surface area contributed by atoms with Crippen molar-refractivity contribution in [2.75, 3.05) is 5.73 Å². The Kier molecular flexibility index (Phi) is 6.72. The van der Waals surface area contributed by atoms with Gasteiger partial charge in [-0.05, 0) is 36.4 Å². The van der Waals surface area contributed by atoms with Gasteiger partial charge in [0, 0.05) is 16.8 Å². The molecule has 0 aliphatic carbocycles. The largest absolute Gasteiger partial charge is 0.453 e. The van der Waals surface area contributed by atoms with Crippen molar-refractivity contribution in [2.45, 2.75) is 6.42 Å². The number of nitrogen functional groups attached to an aromatic ring is 1. The predicted octanol–water partition coefficient (Wildman–Crippen LogP) is 6.86. The van der Waals surface area contributed by atoms with E-state index in [-0.39, 0.29) is 56.7 Å². The highest BCUT2D eigenvalue weighted by Crippen LogP contribution is 2.36. The number of hydrogen-bond donors (Lipinski definition) is 1. The molecule has 5 aromatic rings. The predicted molar refractivity (Wildman–Crippen MR) is 137 cm³/mol. The van der Waals surface area contributed by atoms with Crippen LogP contribution in [0.25, 0.3) is 17.1 Å². The fourth-order valence-corrected chi connectivity index (χ4v) is 4.15.